The number of aromatic nitrogens is 1. The van der Waals surface area contributed by atoms with E-state index in [9.17, 15) is 0 Å². The quantitative estimate of drug-likeness (QED) is 0.176. The van der Waals surface area contributed by atoms with Gasteiger partial charge in [-0.2, -0.15) is 0 Å². The van der Waals surface area contributed by atoms with E-state index in [4.69, 9.17) is 0 Å². The van der Waals surface area contributed by atoms with Gasteiger partial charge in [-0.25, -0.2) is 0 Å². The predicted molar refractivity (Wildman–Crippen MR) is 216 cm³/mol. The lowest BCUT2D eigenvalue weighted by atomic mass is 9.67. The Labute approximate surface area is 301 Å². The summed E-state index contributed by atoms with van der Waals surface area (Å²) in [6.07, 6.45) is 5.44. The van der Waals surface area contributed by atoms with Crippen molar-refractivity contribution in [2.45, 2.75) is 31.1 Å². The molecular formula is C49H35NS. The number of benzene rings is 7. The fourth-order valence-electron chi connectivity index (χ4n) is 10.7. The van der Waals surface area contributed by atoms with E-state index in [1.165, 1.54) is 107 Å². The molecule has 3 atom stereocenters. The predicted octanol–water partition coefficient (Wildman–Crippen LogP) is 13.6. The van der Waals surface area contributed by atoms with Gasteiger partial charge in [-0.3, -0.25) is 0 Å². The topological polar surface area (TPSA) is 4.93 Å². The van der Waals surface area contributed by atoms with Gasteiger partial charge in [-0.15, -0.1) is 11.3 Å². The van der Waals surface area contributed by atoms with Crippen molar-refractivity contribution in [1.29, 1.82) is 0 Å². The van der Waals surface area contributed by atoms with Crippen LogP contribution in [0.25, 0.3) is 81.0 Å². The van der Waals surface area contributed by atoms with E-state index in [-0.39, 0.29) is 5.41 Å². The second kappa shape index (κ2) is 10.3. The van der Waals surface area contributed by atoms with Crippen LogP contribution in [-0.2, 0) is 5.41 Å². The minimum Gasteiger partial charge on any atom is -0.309 e. The SMILES string of the molecule is c1ccc(-c2ccc(-c3ccc(-n4c5cc6sc7ccccc7c6cc5c5ccc6c(c54)-c4ccccc4C64CC5CCC4C5)cc3)cc2)cc1. The average Bonchev–Trinajstić information content (AvgIpc) is 4.01. The van der Waals surface area contributed by atoms with E-state index in [2.05, 4.69) is 156 Å². The number of fused-ring (bicyclic) bond motifs is 15. The first-order valence-corrected chi connectivity index (χ1v) is 19.4. The molecule has 242 valence electrons. The molecule has 2 saturated carbocycles. The smallest absolute Gasteiger partial charge is 0.0622 e. The lowest BCUT2D eigenvalue weighted by molar-refractivity contribution is 0.327. The highest BCUT2D eigenvalue weighted by Crippen LogP contribution is 2.66. The van der Waals surface area contributed by atoms with Gasteiger partial charge in [-0.1, -0.05) is 128 Å². The van der Waals surface area contributed by atoms with Crippen LogP contribution in [-0.4, -0.2) is 4.57 Å². The highest BCUT2D eigenvalue weighted by atomic mass is 32.1. The second-order valence-electron chi connectivity index (χ2n) is 15.3. The summed E-state index contributed by atoms with van der Waals surface area (Å²) in [4.78, 5) is 0. The number of nitrogens with zero attached hydrogens (tertiary/aromatic N) is 1. The maximum Gasteiger partial charge on any atom is 0.0622 e. The minimum atomic E-state index is 0.149. The fourth-order valence-corrected chi connectivity index (χ4v) is 11.9. The van der Waals surface area contributed by atoms with Crippen LogP contribution in [0.5, 0.6) is 0 Å². The van der Waals surface area contributed by atoms with E-state index < -0.39 is 0 Å². The largest absolute Gasteiger partial charge is 0.309 e. The third-order valence-electron chi connectivity index (χ3n) is 12.9. The molecule has 2 aromatic heterocycles. The molecule has 3 aliphatic rings. The monoisotopic (exact) mass is 669 g/mol. The van der Waals surface area contributed by atoms with Crippen molar-refractivity contribution in [3.63, 3.8) is 0 Å². The molecule has 0 radical (unpaired) electrons. The van der Waals surface area contributed by atoms with E-state index in [0.29, 0.717) is 0 Å². The molecule has 9 aromatic rings. The first-order valence-electron chi connectivity index (χ1n) is 18.5. The lowest BCUT2D eigenvalue weighted by Gasteiger charge is -2.36. The molecule has 51 heavy (non-hydrogen) atoms. The van der Waals surface area contributed by atoms with Crippen molar-refractivity contribution >= 4 is 53.3 Å². The Balaban J connectivity index is 1.10. The van der Waals surface area contributed by atoms with Gasteiger partial charge in [-0.05, 0) is 100 Å². The maximum absolute atomic E-state index is 2.61. The summed E-state index contributed by atoms with van der Waals surface area (Å²) in [6.45, 7) is 0. The molecule has 2 heteroatoms. The zero-order valence-corrected chi connectivity index (χ0v) is 29.1. The number of hydrogen-bond acceptors (Lipinski definition) is 1. The van der Waals surface area contributed by atoms with E-state index in [1.54, 1.807) is 11.1 Å². The van der Waals surface area contributed by atoms with E-state index >= 15 is 0 Å². The summed E-state index contributed by atoms with van der Waals surface area (Å²) in [5.74, 6) is 1.59. The third-order valence-corrected chi connectivity index (χ3v) is 14.0. The molecule has 1 nitrogen and oxygen atoms in total. The summed E-state index contributed by atoms with van der Waals surface area (Å²) in [6, 6.07) is 57.3. The van der Waals surface area contributed by atoms with E-state index in [1.807, 2.05) is 11.3 Å². The van der Waals surface area contributed by atoms with Crippen LogP contribution in [0.15, 0.2) is 152 Å². The van der Waals surface area contributed by atoms with Crippen molar-refractivity contribution in [1.82, 2.24) is 4.57 Å². The van der Waals surface area contributed by atoms with Gasteiger partial charge in [0, 0.05) is 47.6 Å². The Bertz CT molecular complexity index is 2850. The molecule has 1 spiro atoms. The van der Waals surface area contributed by atoms with Crippen molar-refractivity contribution in [2.75, 3.05) is 0 Å². The number of thiophene rings is 1. The number of rotatable bonds is 3. The highest BCUT2D eigenvalue weighted by molar-refractivity contribution is 7.25. The maximum atomic E-state index is 2.61. The van der Waals surface area contributed by atoms with E-state index in [0.717, 1.165) is 11.8 Å². The van der Waals surface area contributed by atoms with Crippen LogP contribution in [0.4, 0.5) is 0 Å². The Hall–Kier alpha value is -5.44. The Morgan fingerprint density at radius 3 is 2.00 bits per heavy atom. The van der Waals surface area contributed by atoms with Crippen molar-refractivity contribution in [2.24, 2.45) is 11.8 Å². The highest BCUT2D eigenvalue weighted by Gasteiger charge is 2.57. The lowest BCUT2D eigenvalue weighted by Crippen LogP contribution is -2.31. The molecule has 3 unspecified atom stereocenters. The van der Waals surface area contributed by atoms with Gasteiger partial charge in [0.25, 0.3) is 0 Å². The van der Waals surface area contributed by atoms with Crippen LogP contribution in [0, 0.1) is 11.8 Å². The Morgan fingerprint density at radius 2 is 1.24 bits per heavy atom. The third kappa shape index (κ3) is 3.81. The average molecular weight is 670 g/mol. The molecule has 0 amide bonds. The van der Waals surface area contributed by atoms with Crippen LogP contribution < -0.4 is 0 Å². The molecule has 2 heterocycles. The first kappa shape index (κ1) is 28.3. The second-order valence-corrected chi connectivity index (χ2v) is 16.4. The van der Waals surface area contributed by atoms with Gasteiger partial charge < -0.3 is 4.57 Å². The number of hydrogen-bond donors (Lipinski definition) is 0. The van der Waals surface area contributed by atoms with Gasteiger partial charge in [0.15, 0.2) is 0 Å². The van der Waals surface area contributed by atoms with Crippen LogP contribution in [0.1, 0.15) is 36.8 Å². The molecule has 0 aliphatic heterocycles. The van der Waals surface area contributed by atoms with Crippen molar-refractivity contribution < 1.29 is 0 Å². The summed E-state index contributed by atoms with van der Waals surface area (Å²) in [7, 11) is 0. The van der Waals surface area contributed by atoms with Crippen LogP contribution in [0.2, 0.25) is 0 Å². The van der Waals surface area contributed by atoms with Crippen molar-refractivity contribution in [3.8, 4) is 39.1 Å². The summed E-state index contributed by atoms with van der Waals surface area (Å²) in [5, 5.41) is 5.42. The minimum absolute atomic E-state index is 0.149. The molecular weight excluding hydrogens is 635 g/mol. The molecule has 3 aliphatic carbocycles. The molecule has 2 fully saturated rings. The summed E-state index contributed by atoms with van der Waals surface area (Å²) >= 11 is 1.91. The van der Waals surface area contributed by atoms with Gasteiger partial charge in [0.2, 0.25) is 0 Å². The Morgan fingerprint density at radius 1 is 0.529 bits per heavy atom. The summed E-state index contributed by atoms with van der Waals surface area (Å²) < 4.78 is 5.31. The molecule has 0 N–H and O–H groups in total. The standard InChI is InChI=1S/C49H35NS/c1-2-8-31(9-3-1)32-15-17-33(18-16-32)34-19-22-36(23-20-34)50-44-28-46-41(37-10-5-7-13-45(37)51-46)27-40(44)38-24-25-43-47(48(38)50)39-11-4-6-12-42(39)49(43)29-30-14-21-35(49)26-30/h1-13,15-20,22-25,27-28,30,35H,14,21,26,29H2. The summed E-state index contributed by atoms with van der Waals surface area (Å²) in [5.41, 5.74) is 15.1. The molecule has 0 saturated heterocycles. The first-order chi connectivity index (χ1) is 25.2. The van der Waals surface area contributed by atoms with Gasteiger partial charge in [0.1, 0.15) is 0 Å². The zero-order chi connectivity index (χ0) is 33.3. The van der Waals surface area contributed by atoms with Crippen LogP contribution >= 0.6 is 11.3 Å². The zero-order valence-electron chi connectivity index (χ0n) is 28.3. The molecule has 2 bridgehead atoms. The molecule has 12 rings (SSSR count). The fraction of sp³-hybridized carbons (Fsp3) is 0.143. The van der Waals surface area contributed by atoms with Gasteiger partial charge >= 0.3 is 0 Å². The normalized spacial score (nSPS) is 20.3. The van der Waals surface area contributed by atoms with Crippen molar-refractivity contribution in [3.05, 3.63) is 163 Å². The van der Waals surface area contributed by atoms with Crippen LogP contribution in [0.3, 0.4) is 0 Å². The molecule has 7 aromatic carbocycles. The Kier molecular flexibility index (Phi) is 5.72. The van der Waals surface area contributed by atoms with Gasteiger partial charge in [0.05, 0.1) is 11.0 Å².